The molecule has 15 heavy (non-hydrogen) atoms. The van der Waals surface area contributed by atoms with Crippen LogP contribution in [0.5, 0.6) is 0 Å². The molecule has 2 fully saturated rings. The zero-order valence-electron chi connectivity index (χ0n) is 9.64. The number of nitrogens with one attached hydrogen (secondary N) is 1. The Hall–Kier alpha value is -0.190. The summed E-state index contributed by atoms with van der Waals surface area (Å²) in [6.45, 7) is 6.76. The molecular formula is C11H22FN3. The van der Waals surface area contributed by atoms with Crippen LogP contribution in [0.3, 0.4) is 0 Å². The predicted molar refractivity (Wildman–Crippen MR) is 59.9 cm³/mol. The van der Waals surface area contributed by atoms with Crippen LogP contribution in [0.2, 0.25) is 0 Å². The maximum absolute atomic E-state index is 14.0. The SMILES string of the molecule is CN1CCN(CCC2(F)CCNC2)CC1. The van der Waals surface area contributed by atoms with Gasteiger partial charge >= 0.3 is 0 Å². The average Bonchev–Trinajstić information content (AvgIpc) is 2.65. The van der Waals surface area contributed by atoms with Gasteiger partial charge in [0.15, 0.2) is 0 Å². The van der Waals surface area contributed by atoms with Gasteiger partial charge in [-0.2, -0.15) is 0 Å². The van der Waals surface area contributed by atoms with E-state index in [1.54, 1.807) is 0 Å². The van der Waals surface area contributed by atoms with Gasteiger partial charge in [0.25, 0.3) is 0 Å². The number of likely N-dealkylation sites (N-methyl/N-ethyl adjacent to an activating group) is 1. The van der Waals surface area contributed by atoms with Crippen LogP contribution in [0, 0.1) is 0 Å². The molecule has 88 valence electrons. The molecule has 0 saturated carbocycles. The van der Waals surface area contributed by atoms with E-state index >= 15 is 0 Å². The van der Waals surface area contributed by atoms with Gasteiger partial charge in [0.05, 0.1) is 0 Å². The topological polar surface area (TPSA) is 18.5 Å². The number of nitrogens with zero attached hydrogens (tertiary/aromatic N) is 2. The third-order valence-electron chi connectivity index (χ3n) is 3.66. The fourth-order valence-corrected chi connectivity index (χ4v) is 2.36. The van der Waals surface area contributed by atoms with Crippen LogP contribution in [0.15, 0.2) is 0 Å². The summed E-state index contributed by atoms with van der Waals surface area (Å²) in [5.41, 5.74) is -0.927. The second-order valence-corrected chi connectivity index (χ2v) is 4.97. The maximum atomic E-state index is 14.0. The summed E-state index contributed by atoms with van der Waals surface area (Å²) < 4.78 is 14.0. The molecule has 4 heteroatoms. The predicted octanol–water partition coefficient (Wildman–Crippen LogP) is 0.326. The van der Waals surface area contributed by atoms with Crippen LogP contribution in [-0.4, -0.2) is 68.3 Å². The molecule has 2 heterocycles. The van der Waals surface area contributed by atoms with E-state index in [9.17, 15) is 4.39 Å². The highest BCUT2D eigenvalue weighted by atomic mass is 19.1. The second-order valence-electron chi connectivity index (χ2n) is 4.97. The van der Waals surface area contributed by atoms with Crippen molar-refractivity contribution >= 4 is 0 Å². The van der Waals surface area contributed by atoms with E-state index in [1.165, 1.54) is 0 Å². The molecular weight excluding hydrogens is 193 g/mol. The van der Waals surface area contributed by atoms with Crippen molar-refractivity contribution in [3.8, 4) is 0 Å². The number of halogens is 1. The van der Waals surface area contributed by atoms with Gasteiger partial charge in [0.1, 0.15) is 5.67 Å². The zero-order chi connectivity index (χ0) is 10.7. The van der Waals surface area contributed by atoms with Crippen LogP contribution in [0.4, 0.5) is 4.39 Å². The van der Waals surface area contributed by atoms with Gasteiger partial charge in [0.2, 0.25) is 0 Å². The monoisotopic (exact) mass is 215 g/mol. The third-order valence-corrected chi connectivity index (χ3v) is 3.66. The van der Waals surface area contributed by atoms with E-state index in [0.717, 1.165) is 39.3 Å². The summed E-state index contributed by atoms with van der Waals surface area (Å²) in [5.74, 6) is 0. The molecule has 1 unspecified atom stereocenters. The van der Waals surface area contributed by atoms with Gasteiger partial charge in [-0.25, -0.2) is 4.39 Å². The second kappa shape index (κ2) is 4.76. The Bertz CT molecular complexity index is 196. The Labute approximate surface area is 91.6 Å². The van der Waals surface area contributed by atoms with Crippen LogP contribution < -0.4 is 5.32 Å². The third kappa shape index (κ3) is 3.13. The summed E-state index contributed by atoms with van der Waals surface area (Å²) in [6, 6.07) is 0. The molecule has 2 rings (SSSR count). The van der Waals surface area contributed by atoms with E-state index in [1.807, 2.05) is 0 Å². The van der Waals surface area contributed by atoms with E-state index in [4.69, 9.17) is 0 Å². The highest BCUT2D eigenvalue weighted by molar-refractivity contribution is 4.89. The van der Waals surface area contributed by atoms with Crippen molar-refractivity contribution in [2.45, 2.75) is 18.5 Å². The summed E-state index contributed by atoms with van der Waals surface area (Å²) >= 11 is 0. The van der Waals surface area contributed by atoms with E-state index < -0.39 is 5.67 Å². The van der Waals surface area contributed by atoms with Gasteiger partial charge in [-0.15, -0.1) is 0 Å². The quantitative estimate of drug-likeness (QED) is 0.732. The van der Waals surface area contributed by atoms with Crippen molar-refractivity contribution in [2.24, 2.45) is 0 Å². The van der Waals surface area contributed by atoms with E-state index in [0.29, 0.717) is 19.4 Å². The first-order valence-corrected chi connectivity index (χ1v) is 5.99. The van der Waals surface area contributed by atoms with E-state index in [-0.39, 0.29) is 0 Å². The smallest absolute Gasteiger partial charge is 0.125 e. The van der Waals surface area contributed by atoms with Crippen molar-refractivity contribution in [1.29, 1.82) is 0 Å². The van der Waals surface area contributed by atoms with Gasteiger partial charge in [-0.1, -0.05) is 0 Å². The van der Waals surface area contributed by atoms with Gasteiger partial charge in [-0.3, -0.25) is 0 Å². The fourth-order valence-electron chi connectivity index (χ4n) is 2.36. The Morgan fingerprint density at radius 2 is 2.00 bits per heavy atom. The maximum Gasteiger partial charge on any atom is 0.125 e. The molecule has 2 saturated heterocycles. The average molecular weight is 215 g/mol. The lowest BCUT2D eigenvalue weighted by Gasteiger charge is -2.33. The minimum Gasteiger partial charge on any atom is -0.313 e. The highest BCUT2D eigenvalue weighted by Crippen LogP contribution is 2.24. The lowest BCUT2D eigenvalue weighted by Crippen LogP contribution is -2.46. The summed E-state index contributed by atoms with van der Waals surface area (Å²) in [6.07, 6.45) is 1.39. The fraction of sp³-hybridized carbons (Fsp3) is 1.00. The lowest BCUT2D eigenvalue weighted by molar-refractivity contribution is 0.111. The standard InChI is InChI=1S/C11H22FN3/c1-14-6-8-15(9-7-14)5-3-11(12)2-4-13-10-11/h13H,2-10H2,1H3. The summed E-state index contributed by atoms with van der Waals surface area (Å²) in [7, 11) is 2.15. The van der Waals surface area contributed by atoms with Crippen molar-refractivity contribution in [2.75, 3.05) is 52.9 Å². The normalized spacial score (nSPS) is 34.8. The first kappa shape index (κ1) is 11.3. The molecule has 0 aromatic rings. The van der Waals surface area contributed by atoms with Crippen molar-refractivity contribution in [3.63, 3.8) is 0 Å². The first-order chi connectivity index (χ1) is 7.18. The Morgan fingerprint density at radius 3 is 2.60 bits per heavy atom. The van der Waals surface area contributed by atoms with Crippen molar-refractivity contribution in [1.82, 2.24) is 15.1 Å². The molecule has 0 amide bonds. The molecule has 0 aliphatic carbocycles. The van der Waals surface area contributed by atoms with E-state index in [2.05, 4.69) is 22.2 Å². The first-order valence-electron chi connectivity index (χ1n) is 5.99. The highest BCUT2D eigenvalue weighted by Gasteiger charge is 2.33. The molecule has 2 aliphatic heterocycles. The molecule has 1 atom stereocenters. The minimum atomic E-state index is -0.927. The Balaban J connectivity index is 1.69. The summed E-state index contributed by atoms with van der Waals surface area (Å²) in [5, 5.41) is 3.11. The van der Waals surface area contributed by atoms with Gasteiger partial charge in [-0.05, 0) is 26.4 Å². The molecule has 0 aromatic heterocycles. The number of piperazine rings is 1. The molecule has 2 aliphatic rings. The molecule has 3 nitrogen and oxygen atoms in total. The molecule has 0 spiro atoms. The largest absolute Gasteiger partial charge is 0.313 e. The van der Waals surface area contributed by atoms with Crippen LogP contribution in [0.1, 0.15) is 12.8 Å². The van der Waals surface area contributed by atoms with Crippen LogP contribution >= 0.6 is 0 Å². The van der Waals surface area contributed by atoms with Gasteiger partial charge in [0, 0.05) is 39.3 Å². The van der Waals surface area contributed by atoms with Crippen molar-refractivity contribution in [3.05, 3.63) is 0 Å². The molecule has 0 bridgehead atoms. The number of alkyl halides is 1. The van der Waals surface area contributed by atoms with Crippen molar-refractivity contribution < 1.29 is 4.39 Å². The van der Waals surface area contributed by atoms with Crippen LogP contribution in [-0.2, 0) is 0 Å². The Kier molecular flexibility index (Phi) is 3.59. The van der Waals surface area contributed by atoms with Gasteiger partial charge < -0.3 is 15.1 Å². The molecule has 0 aromatic carbocycles. The Morgan fingerprint density at radius 1 is 1.27 bits per heavy atom. The van der Waals surface area contributed by atoms with Crippen LogP contribution in [0.25, 0.3) is 0 Å². The lowest BCUT2D eigenvalue weighted by atomic mass is 10.0. The number of hydrogen-bond acceptors (Lipinski definition) is 3. The zero-order valence-corrected chi connectivity index (χ0v) is 9.64. The minimum absolute atomic E-state index is 0.556. The molecule has 0 radical (unpaired) electrons. The summed E-state index contributed by atoms with van der Waals surface area (Å²) in [4.78, 5) is 4.72. The number of rotatable bonds is 3. The molecule has 1 N–H and O–H groups in total. The number of hydrogen-bond donors (Lipinski definition) is 1.